The summed E-state index contributed by atoms with van der Waals surface area (Å²) in [7, 11) is -4.41. The van der Waals surface area contributed by atoms with Gasteiger partial charge in [0.1, 0.15) is 6.61 Å². The molecule has 0 aromatic carbocycles. The number of carbonyl (C=O) groups excluding carboxylic acids is 2. The molecule has 0 saturated carbocycles. The van der Waals surface area contributed by atoms with Crippen molar-refractivity contribution in [2.45, 2.75) is 174 Å². The third-order valence-corrected chi connectivity index (χ3v) is 9.68. The Morgan fingerprint density at radius 1 is 0.643 bits per heavy atom. The molecule has 10 nitrogen and oxygen atoms in total. The summed E-state index contributed by atoms with van der Waals surface area (Å²) in [4.78, 5) is 34.8. The molecule has 0 radical (unpaired) electrons. The Kier molecular flexibility index (Phi) is 38.7. The van der Waals surface area contributed by atoms with Gasteiger partial charge in [-0.15, -0.1) is 0 Å². The van der Waals surface area contributed by atoms with Crippen LogP contribution in [0.5, 0.6) is 0 Å². The third-order valence-electron chi connectivity index (χ3n) is 8.70. The Bertz CT molecular complexity index is 1160. The molecular formula is C45H78NO9P. The second kappa shape index (κ2) is 40.6. The van der Waals surface area contributed by atoms with Crippen LogP contribution in [0.15, 0.2) is 72.9 Å². The zero-order chi connectivity index (χ0) is 41.2. The van der Waals surface area contributed by atoms with Crippen molar-refractivity contribution in [2.75, 3.05) is 26.4 Å². The molecule has 0 aromatic heterocycles. The second-order valence-electron chi connectivity index (χ2n) is 14.0. The average molecular weight is 808 g/mol. The number of phosphoric acid groups is 1. The monoisotopic (exact) mass is 808 g/mol. The molecule has 56 heavy (non-hydrogen) atoms. The van der Waals surface area contributed by atoms with E-state index in [1.54, 1.807) is 6.08 Å². The number of hydrogen-bond acceptors (Lipinski definition) is 9. The smallest absolute Gasteiger partial charge is 0.462 e. The van der Waals surface area contributed by atoms with Gasteiger partial charge in [-0.25, -0.2) is 4.57 Å². The summed E-state index contributed by atoms with van der Waals surface area (Å²) >= 11 is 0. The molecule has 4 N–H and O–H groups in total. The zero-order valence-corrected chi connectivity index (χ0v) is 35.8. The number of aliphatic hydroxyl groups is 1. The molecule has 0 spiro atoms. The molecule has 11 heteroatoms. The lowest BCUT2D eigenvalue weighted by molar-refractivity contribution is -0.161. The predicted octanol–water partition coefficient (Wildman–Crippen LogP) is 11.2. The molecule has 3 atom stereocenters. The quantitative estimate of drug-likeness (QED) is 0.0180. The molecule has 0 aliphatic heterocycles. The Morgan fingerprint density at radius 2 is 1.20 bits per heavy atom. The highest BCUT2D eigenvalue weighted by Gasteiger charge is 2.25. The van der Waals surface area contributed by atoms with Gasteiger partial charge in [0.05, 0.1) is 19.3 Å². The summed E-state index contributed by atoms with van der Waals surface area (Å²) in [5.74, 6) is -0.950. The van der Waals surface area contributed by atoms with Gasteiger partial charge < -0.3 is 25.2 Å². The van der Waals surface area contributed by atoms with Crippen LogP contribution in [0.4, 0.5) is 0 Å². The van der Waals surface area contributed by atoms with Crippen LogP contribution < -0.4 is 5.73 Å². The number of carbonyl (C=O) groups is 2. The summed E-state index contributed by atoms with van der Waals surface area (Å²) in [6.45, 7) is 3.42. The highest BCUT2D eigenvalue weighted by Crippen LogP contribution is 2.43. The Hall–Kier alpha value is -2.59. The van der Waals surface area contributed by atoms with Crippen LogP contribution >= 0.6 is 7.82 Å². The average Bonchev–Trinajstić information content (AvgIpc) is 3.18. The maximum atomic E-state index is 12.5. The molecule has 0 heterocycles. The van der Waals surface area contributed by atoms with Crippen molar-refractivity contribution in [1.82, 2.24) is 0 Å². The maximum Gasteiger partial charge on any atom is 0.472 e. The Labute approximate surface area is 340 Å². The van der Waals surface area contributed by atoms with Gasteiger partial charge in [0.2, 0.25) is 0 Å². The van der Waals surface area contributed by atoms with E-state index in [0.29, 0.717) is 12.8 Å². The first-order chi connectivity index (χ1) is 27.2. The van der Waals surface area contributed by atoms with Crippen molar-refractivity contribution in [3.8, 4) is 0 Å². The van der Waals surface area contributed by atoms with Gasteiger partial charge in [0.15, 0.2) is 6.10 Å². The molecule has 322 valence electrons. The van der Waals surface area contributed by atoms with Gasteiger partial charge in [-0.1, -0.05) is 177 Å². The van der Waals surface area contributed by atoms with Crippen LogP contribution in [0.1, 0.15) is 162 Å². The molecule has 2 unspecified atom stereocenters. The Morgan fingerprint density at radius 3 is 1.77 bits per heavy atom. The molecule has 0 bridgehead atoms. The normalized spacial score (nSPS) is 14.6. The lowest BCUT2D eigenvalue weighted by Gasteiger charge is -2.19. The first-order valence-electron chi connectivity index (χ1n) is 21.5. The lowest BCUT2D eigenvalue weighted by atomic mass is 10.0. The predicted molar refractivity (Wildman–Crippen MR) is 230 cm³/mol. The summed E-state index contributed by atoms with van der Waals surface area (Å²) in [5.41, 5.74) is 5.34. The standard InChI is InChI=1S/C45H78NO9P/c1-3-5-7-8-9-10-11-12-13-16-19-22-25-28-32-36-44(48)52-40-43(41-54-56(50,51)53-39-38-46)55-45(49)37-33-29-26-23-20-17-14-15-18-21-24-27-31-35-42(47)34-30-6-4-2/h6,15,17-18,20,24,26-27,29-31,35,42-43,47H,3-5,7-14,16,19,21-23,25,28,32-34,36-41,46H2,1-2H3,(H,50,51)/b18-15-,20-17-,27-24+,29-26-,30-6-,35-31+/t42?,43-/m1/s1. The number of allylic oxidation sites excluding steroid dienone is 10. The highest BCUT2D eigenvalue weighted by molar-refractivity contribution is 7.47. The molecule has 0 aliphatic rings. The number of rotatable bonds is 39. The van der Waals surface area contributed by atoms with Crippen LogP contribution in [-0.2, 0) is 32.7 Å². The molecule has 0 rings (SSSR count). The molecule has 0 aliphatic carbocycles. The van der Waals surface area contributed by atoms with E-state index in [-0.39, 0.29) is 32.6 Å². The van der Waals surface area contributed by atoms with Gasteiger partial charge in [-0.05, 0) is 44.9 Å². The molecule has 0 saturated heterocycles. The topological polar surface area (TPSA) is 155 Å². The summed E-state index contributed by atoms with van der Waals surface area (Å²) in [6, 6.07) is 0. The first-order valence-corrected chi connectivity index (χ1v) is 23.0. The maximum absolute atomic E-state index is 12.5. The SMILES string of the molecule is CC/C=C\CC(O)/C=C/C=C/C/C=C\C/C=C\C/C=C\CCC(=O)O[C@H](COC(=O)CCCCCCCCCCCCCCCCC)COP(=O)(O)OCCN. The fraction of sp³-hybridized carbons (Fsp3) is 0.689. The van der Waals surface area contributed by atoms with Gasteiger partial charge in [0, 0.05) is 19.4 Å². The van der Waals surface area contributed by atoms with Crippen LogP contribution in [-0.4, -0.2) is 60.5 Å². The molecular weight excluding hydrogens is 729 g/mol. The molecule has 0 amide bonds. The number of phosphoric ester groups is 1. The number of hydrogen-bond donors (Lipinski definition) is 3. The van der Waals surface area contributed by atoms with E-state index in [2.05, 4.69) is 32.1 Å². The fourth-order valence-corrected chi connectivity index (χ4v) is 6.27. The molecule has 0 aromatic rings. The minimum absolute atomic E-state index is 0.0330. The number of nitrogens with two attached hydrogens (primary N) is 1. The first kappa shape index (κ1) is 53.4. The Balaban J connectivity index is 4.33. The number of aliphatic hydroxyl groups excluding tert-OH is 1. The third kappa shape index (κ3) is 39.6. The van der Waals surface area contributed by atoms with Crippen LogP contribution in [0.25, 0.3) is 0 Å². The zero-order valence-electron chi connectivity index (χ0n) is 35.0. The minimum atomic E-state index is -4.41. The lowest BCUT2D eigenvalue weighted by Crippen LogP contribution is -2.29. The van der Waals surface area contributed by atoms with Crippen molar-refractivity contribution < 1.29 is 42.7 Å². The van der Waals surface area contributed by atoms with Gasteiger partial charge in [0.25, 0.3) is 0 Å². The van der Waals surface area contributed by atoms with Crippen molar-refractivity contribution in [3.63, 3.8) is 0 Å². The van der Waals surface area contributed by atoms with E-state index in [9.17, 15) is 24.2 Å². The summed E-state index contributed by atoms with van der Waals surface area (Å²) in [5, 5.41) is 9.83. The van der Waals surface area contributed by atoms with Crippen molar-refractivity contribution in [2.24, 2.45) is 5.73 Å². The fourth-order valence-electron chi connectivity index (χ4n) is 5.51. The van der Waals surface area contributed by atoms with Crippen molar-refractivity contribution in [1.29, 1.82) is 0 Å². The van der Waals surface area contributed by atoms with E-state index >= 15 is 0 Å². The summed E-state index contributed by atoms with van der Waals surface area (Å²) in [6.07, 6.45) is 45.6. The largest absolute Gasteiger partial charge is 0.472 e. The van der Waals surface area contributed by atoms with E-state index in [1.807, 2.05) is 48.6 Å². The number of ether oxygens (including phenoxy) is 2. The van der Waals surface area contributed by atoms with E-state index < -0.39 is 38.6 Å². The van der Waals surface area contributed by atoms with E-state index in [1.165, 1.54) is 77.0 Å². The number of unbranched alkanes of at least 4 members (excludes halogenated alkanes) is 14. The van der Waals surface area contributed by atoms with Crippen molar-refractivity contribution in [3.05, 3.63) is 72.9 Å². The van der Waals surface area contributed by atoms with Gasteiger partial charge >= 0.3 is 19.8 Å². The van der Waals surface area contributed by atoms with E-state index in [0.717, 1.165) is 44.9 Å². The highest BCUT2D eigenvalue weighted by atomic mass is 31.2. The van der Waals surface area contributed by atoms with Gasteiger partial charge in [-0.2, -0.15) is 0 Å². The van der Waals surface area contributed by atoms with Crippen LogP contribution in [0, 0.1) is 0 Å². The minimum Gasteiger partial charge on any atom is -0.462 e. The van der Waals surface area contributed by atoms with E-state index in [4.69, 9.17) is 24.3 Å². The van der Waals surface area contributed by atoms with Crippen molar-refractivity contribution >= 4 is 19.8 Å². The molecule has 0 fully saturated rings. The van der Waals surface area contributed by atoms with Gasteiger partial charge in [-0.3, -0.25) is 18.6 Å². The number of esters is 2. The van der Waals surface area contributed by atoms with Crippen LogP contribution in [0.2, 0.25) is 0 Å². The second-order valence-corrected chi connectivity index (χ2v) is 15.5. The van der Waals surface area contributed by atoms with Crippen LogP contribution in [0.3, 0.4) is 0 Å². The summed E-state index contributed by atoms with van der Waals surface area (Å²) < 4.78 is 32.6.